The van der Waals surface area contributed by atoms with E-state index >= 15 is 0 Å². The third kappa shape index (κ3) is 5.14. The number of methoxy groups -OCH3 is 1. The molecule has 1 saturated heterocycles. The number of ether oxygens (including phenoxy) is 2. The normalized spacial score (nSPS) is 15.3. The van der Waals surface area contributed by atoms with Crippen molar-refractivity contribution in [1.29, 1.82) is 0 Å². The standard InChI is InChI=1S/C22H22ClNO4S/c1-3-4-11-24-21(25)20(29-22(24)26)13-15-9-10-18(19(12-15)27-2)28-14-16-7-5-6-8-17(16)23/h5-10,12-13H,3-4,11,14H2,1-2H3/b20-13-. The van der Waals surface area contributed by atoms with Gasteiger partial charge in [-0.05, 0) is 48.0 Å². The highest BCUT2D eigenvalue weighted by Gasteiger charge is 2.34. The van der Waals surface area contributed by atoms with E-state index in [2.05, 4.69) is 0 Å². The molecule has 1 fully saturated rings. The van der Waals surface area contributed by atoms with Crippen molar-refractivity contribution in [2.75, 3.05) is 13.7 Å². The van der Waals surface area contributed by atoms with Crippen molar-refractivity contribution in [3.8, 4) is 11.5 Å². The molecule has 5 nitrogen and oxygen atoms in total. The third-order valence-electron chi connectivity index (χ3n) is 4.44. The number of carbonyl (C=O) groups excluding carboxylic acids is 2. The molecule has 0 atom stereocenters. The van der Waals surface area contributed by atoms with Gasteiger partial charge >= 0.3 is 0 Å². The van der Waals surface area contributed by atoms with E-state index in [0.717, 1.165) is 35.7 Å². The molecule has 0 N–H and O–H groups in total. The Bertz CT molecular complexity index is 944. The molecule has 0 unspecified atom stereocenters. The number of carbonyl (C=O) groups is 2. The lowest BCUT2D eigenvalue weighted by molar-refractivity contribution is -0.122. The highest BCUT2D eigenvalue weighted by Crippen LogP contribution is 2.35. The van der Waals surface area contributed by atoms with Crippen molar-refractivity contribution in [2.45, 2.75) is 26.4 Å². The van der Waals surface area contributed by atoms with Gasteiger partial charge in [-0.15, -0.1) is 0 Å². The van der Waals surface area contributed by atoms with E-state index < -0.39 is 0 Å². The topological polar surface area (TPSA) is 55.8 Å². The Morgan fingerprint density at radius 2 is 1.93 bits per heavy atom. The lowest BCUT2D eigenvalue weighted by Crippen LogP contribution is -2.29. The molecule has 0 spiro atoms. The van der Waals surface area contributed by atoms with Gasteiger partial charge in [-0.3, -0.25) is 14.5 Å². The van der Waals surface area contributed by atoms with Gasteiger partial charge in [0, 0.05) is 17.1 Å². The van der Waals surface area contributed by atoms with Gasteiger partial charge in [0.1, 0.15) is 6.61 Å². The number of hydrogen-bond acceptors (Lipinski definition) is 5. The van der Waals surface area contributed by atoms with E-state index in [1.165, 1.54) is 4.90 Å². The van der Waals surface area contributed by atoms with E-state index in [1.54, 1.807) is 25.3 Å². The summed E-state index contributed by atoms with van der Waals surface area (Å²) in [4.78, 5) is 26.3. The summed E-state index contributed by atoms with van der Waals surface area (Å²) >= 11 is 7.13. The Balaban J connectivity index is 1.75. The summed E-state index contributed by atoms with van der Waals surface area (Å²) in [6, 6.07) is 12.9. The SMILES string of the molecule is CCCCN1C(=O)S/C(=C\c2ccc(OCc3ccccc3Cl)c(OC)c2)C1=O. The van der Waals surface area contributed by atoms with Crippen LogP contribution < -0.4 is 9.47 Å². The van der Waals surface area contributed by atoms with Crippen molar-refractivity contribution < 1.29 is 19.1 Å². The maximum Gasteiger partial charge on any atom is 0.293 e. The van der Waals surface area contributed by atoms with Crippen LogP contribution in [-0.4, -0.2) is 29.7 Å². The first-order valence-electron chi connectivity index (χ1n) is 9.33. The molecule has 0 radical (unpaired) electrons. The van der Waals surface area contributed by atoms with Crippen LogP contribution >= 0.6 is 23.4 Å². The molecule has 1 heterocycles. The van der Waals surface area contributed by atoms with Gasteiger partial charge in [0.05, 0.1) is 12.0 Å². The van der Waals surface area contributed by atoms with Crippen LogP contribution in [0.3, 0.4) is 0 Å². The summed E-state index contributed by atoms with van der Waals surface area (Å²) in [5.41, 5.74) is 1.63. The number of amides is 2. The van der Waals surface area contributed by atoms with E-state index in [9.17, 15) is 9.59 Å². The minimum atomic E-state index is -0.244. The molecule has 0 aromatic heterocycles. The molecule has 1 aliphatic heterocycles. The average molecular weight is 432 g/mol. The molecule has 2 aromatic carbocycles. The fourth-order valence-corrected chi connectivity index (χ4v) is 3.88. The van der Waals surface area contributed by atoms with E-state index in [4.69, 9.17) is 21.1 Å². The van der Waals surface area contributed by atoms with Gasteiger partial charge in [0.2, 0.25) is 0 Å². The fraction of sp³-hybridized carbons (Fsp3) is 0.273. The number of halogens is 1. The minimum absolute atomic E-state index is 0.221. The molecule has 1 aliphatic rings. The summed E-state index contributed by atoms with van der Waals surface area (Å²) in [5, 5.41) is 0.420. The van der Waals surface area contributed by atoms with Crippen molar-refractivity contribution in [1.82, 2.24) is 4.90 Å². The van der Waals surface area contributed by atoms with Gasteiger partial charge in [-0.25, -0.2) is 0 Å². The summed E-state index contributed by atoms with van der Waals surface area (Å²) in [7, 11) is 1.56. The largest absolute Gasteiger partial charge is 0.493 e. The van der Waals surface area contributed by atoms with Crippen LogP contribution in [0.5, 0.6) is 11.5 Å². The molecular weight excluding hydrogens is 410 g/mol. The van der Waals surface area contributed by atoms with Gasteiger partial charge in [0.25, 0.3) is 11.1 Å². The van der Waals surface area contributed by atoms with Gasteiger partial charge in [0.15, 0.2) is 11.5 Å². The molecule has 0 bridgehead atoms. The van der Waals surface area contributed by atoms with Crippen LogP contribution in [0.1, 0.15) is 30.9 Å². The fourth-order valence-electron chi connectivity index (χ4n) is 2.82. The van der Waals surface area contributed by atoms with Gasteiger partial charge < -0.3 is 9.47 Å². The average Bonchev–Trinajstić information content (AvgIpc) is 2.99. The summed E-state index contributed by atoms with van der Waals surface area (Å²) in [6.07, 6.45) is 3.43. The summed E-state index contributed by atoms with van der Waals surface area (Å²) in [5.74, 6) is 0.864. The maximum absolute atomic E-state index is 12.5. The first-order chi connectivity index (χ1) is 14.0. The lowest BCUT2D eigenvalue weighted by Gasteiger charge is -2.12. The first-order valence-corrected chi connectivity index (χ1v) is 10.5. The summed E-state index contributed by atoms with van der Waals surface area (Å²) in [6.45, 7) is 2.79. The Morgan fingerprint density at radius 1 is 1.14 bits per heavy atom. The molecular formula is C22H22ClNO4S. The number of imide groups is 1. The zero-order valence-electron chi connectivity index (χ0n) is 16.3. The second kappa shape index (κ2) is 9.85. The molecule has 0 saturated carbocycles. The van der Waals surface area contributed by atoms with Crippen LogP contribution in [0.2, 0.25) is 5.02 Å². The molecule has 0 aliphatic carbocycles. The smallest absolute Gasteiger partial charge is 0.293 e. The van der Waals surface area contributed by atoms with Crippen LogP contribution in [-0.2, 0) is 11.4 Å². The quantitative estimate of drug-likeness (QED) is 0.497. The molecule has 152 valence electrons. The Labute approximate surface area is 179 Å². The predicted octanol–water partition coefficient (Wildman–Crippen LogP) is 5.76. The van der Waals surface area contributed by atoms with Crippen LogP contribution in [0.4, 0.5) is 4.79 Å². The minimum Gasteiger partial charge on any atom is -0.493 e. The van der Waals surface area contributed by atoms with Crippen molar-refractivity contribution in [3.63, 3.8) is 0 Å². The Kier molecular flexibility index (Phi) is 7.23. The van der Waals surface area contributed by atoms with Crippen molar-refractivity contribution >= 4 is 40.6 Å². The third-order valence-corrected chi connectivity index (χ3v) is 5.71. The molecule has 3 rings (SSSR count). The predicted molar refractivity (Wildman–Crippen MR) is 116 cm³/mol. The van der Waals surface area contributed by atoms with Crippen LogP contribution in [0.25, 0.3) is 6.08 Å². The Hall–Kier alpha value is -2.44. The highest BCUT2D eigenvalue weighted by atomic mass is 35.5. The molecule has 2 aromatic rings. The zero-order chi connectivity index (χ0) is 20.8. The van der Waals surface area contributed by atoms with Gasteiger partial charge in [-0.2, -0.15) is 0 Å². The number of nitrogens with zero attached hydrogens (tertiary/aromatic N) is 1. The number of unbranched alkanes of at least 4 members (excludes halogenated alkanes) is 1. The zero-order valence-corrected chi connectivity index (χ0v) is 17.9. The Morgan fingerprint density at radius 3 is 2.66 bits per heavy atom. The summed E-state index contributed by atoms with van der Waals surface area (Å²) < 4.78 is 11.3. The van der Waals surface area contributed by atoms with E-state index in [0.29, 0.717) is 34.6 Å². The maximum atomic E-state index is 12.5. The first kappa shape index (κ1) is 21.3. The van der Waals surface area contributed by atoms with Crippen molar-refractivity contribution in [3.05, 3.63) is 63.5 Å². The monoisotopic (exact) mass is 431 g/mol. The number of thioether (sulfide) groups is 1. The van der Waals surface area contributed by atoms with E-state index in [1.807, 2.05) is 37.3 Å². The number of hydrogen-bond donors (Lipinski definition) is 0. The number of rotatable bonds is 8. The second-order valence-electron chi connectivity index (χ2n) is 6.48. The van der Waals surface area contributed by atoms with Crippen LogP contribution in [0.15, 0.2) is 47.4 Å². The lowest BCUT2D eigenvalue weighted by atomic mass is 10.1. The highest BCUT2D eigenvalue weighted by molar-refractivity contribution is 8.18. The van der Waals surface area contributed by atoms with E-state index in [-0.39, 0.29) is 11.1 Å². The second-order valence-corrected chi connectivity index (χ2v) is 7.88. The van der Waals surface area contributed by atoms with Crippen LogP contribution in [0, 0.1) is 0 Å². The van der Waals surface area contributed by atoms with Crippen molar-refractivity contribution in [2.24, 2.45) is 0 Å². The van der Waals surface area contributed by atoms with Gasteiger partial charge in [-0.1, -0.05) is 49.2 Å². The molecule has 7 heteroatoms. The molecule has 29 heavy (non-hydrogen) atoms. The number of benzene rings is 2. The molecule has 2 amide bonds.